The van der Waals surface area contributed by atoms with Gasteiger partial charge in [0.05, 0.1) is 0 Å². The number of allylic oxidation sites excluding steroid dienone is 7. The molecule has 10 heavy (non-hydrogen) atoms. The molecule has 0 N–H and O–H groups in total. The number of rotatable bonds is 1. The van der Waals surface area contributed by atoms with Crippen LogP contribution in [0.5, 0.6) is 0 Å². The smallest absolute Gasteiger partial charge is 0.0178 e. The maximum absolute atomic E-state index is 3.70. The van der Waals surface area contributed by atoms with Gasteiger partial charge < -0.3 is 0 Å². The molecule has 0 aliphatic heterocycles. The van der Waals surface area contributed by atoms with E-state index in [1.54, 1.807) is 0 Å². The first-order chi connectivity index (χ1) is 4.83. The maximum atomic E-state index is 3.70. The Kier molecular flexibility index (Phi) is 2.69. The van der Waals surface area contributed by atoms with Gasteiger partial charge in [-0.2, -0.15) is 0 Å². The van der Waals surface area contributed by atoms with Crippen molar-refractivity contribution in [2.24, 2.45) is 0 Å². The lowest BCUT2D eigenvalue weighted by atomic mass is 10.2. The first-order valence-electron chi connectivity index (χ1n) is 3.19. The molecule has 0 aromatic heterocycles. The van der Waals surface area contributed by atoms with Crippen molar-refractivity contribution in [3.8, 4) is 0 Å². The molecule has 0 bridgehead atoms. The highest BCUT2D eigenvalue weighted by atomic mass is 79.9. The second-order valence-electron chi connectivity index (χ2n) is 2.08. The fourth-order valence-corrected chi connectivity index (χ4v) is 1.24. The summed E-state index contributed by atoms with van der Waals surface area (Å²) >= 11 is 3.41. The Bertz CT molecular complexity index is 219. The first-order valence-corrected chi connectivity index (χ1v) is 3.98. The molecule has 0 fully saturated rings. The molecule has 0 aromatic carbocycles. The predicted molar refractivity (Wildman–Crippen MR) is 49.0 cm³/mol. The van der Waals surface area contributed by atoms with Gasteiger partial charge in [-0.15, -0.1) is 0 Å². The van der Waals surface area contributed by atoms with E-state index < -0.39 is 0 Å². The van der Waals surface area contributed by atoms with Gasteiger partial charge in [-0.3, -0.25) is 0 Å². The highest BCUT2D eigenvalue weighted by Crippen LogP contribution is 2.15. The standard InChI is InChI=1S/C9H9Br/c1-2-8-5-3-4-6-9(10)7-8/h2,4-7H,1,3H2. The van der Waals surface area contributed by atoms with E-state index in [-0.39, 0.29) is 0 Å². The maximum Gasteiger partial charge on any atom is 0.0178 e. The fourth-order valence-electron chi connectivity index (χ4n) is 0.793. The van der Waals surface area contributed by atoms with Crippen molar-refractivity contribution < 1.29 is 0 Å². The molecule has 1 aliphatic rings. The van der Waals surface area contributed by atoms with Gasteiger partial charge >= 0.3 is 0 Å². The van der Waals surface area contributed by atoms with Crippen molar-refractivity contribution in [3.05, 3.63) is 47.0 Å². The van der Waals surface area contributed by atoms with Crippen molar-refractivity contribution in [2.45, 2.75) is 6.42 Å². The summed E-state index contributed by atoms with van der Waals surface area (Å²) in [5.41, 5.74) is 1.18. The molecule has 1 aliphatic carbocycles. The van der Waals surface area contributed by atoms with Crippen molar-refractivity contribution in [1.82, 2.24) is 0 Å². The largest absolute Gasteiger partial charge is 0.0985 e. The summed E-state index contributed by atoms with van der Waals surface area (Å²) in [6, 6.07) is 0. The lowest BCUT2D eigenvalue weighted by Gasteiger charge is -1.88. The van der Waals surface area contributed by atoms with Gasteiger partial charge in [0.15, 0.2) is 0 Å². The summed E-state index contributed by atoms with van der Waals surface area (Å²) in [7, 11) is 0. The predicted octanol–water partition coefficient (Wildman–Crippen LogP) is 3.34. The second-order valence-corrected chi connectivity index (χ2v) is 2.99. The van der Waals surface area contributed by atoms with Gasteiger partial charge in [0.1, 0.15) is 0 Å². The summed E-state index contributed by atoms with van der Waals surface area (Å²) in [5.74, 6) is 0. The Balaban J connectivity index is 2.87. The summed E-state index contributed by atoms with van der Waals surface area (Å²) in [4.78, 5) is 0. The van der Waals surface area contributed by atoms with E-state index in [1.807, 2.05) is 12.2 Å². The van der Waals surface area contributed by atoms with E-state index in [4.69, 9.17) is 0 Å². The van der Waals surface area contributed by atoms with Crippen LogP contribution in [-0.4, -0.2) is 0 Å². The molecule has 0 unspecified atom stereocenters. The fraction of sp³-hybridized carbons (Fsp3) is 0.111. The van der Waals surface area contributed by atoms with Gasteiger partial charge in [0, 0.05) is 4.48 Å². The zero-order valence-electron chi connectivity index (χ0n) is 5.68. The molecule has 0 spiro atoms. The SMILES string of the molecule is C=CC1=CCC=CC(Br)=C1. The normalized spacial score (nSPS) is 17.3. The number of hydrogen-bond acceptors (Lipinski definition) is 0. The molecule has 0 heterocycles. The van der Waals surface area contributed by atoms with Crippen molar-refractivity contribution >= 4 is 15.9 Å². The molecule has 52 valence electrons. The summed E-state index contributed by atoms with van der Waals surface area (Å²) in [6.45, 7) is 3.70. The van der Waals surface area contributed by atoms with Gasteiger partial charge in [-0.1, -0.05) is 46.8 Å². The zero-order chi connectivity index (χ0) is 7.40. The van der Waals surface area contributed by atoms with Gasteiger partial charge in [0.2, 0.25) is 0 Å². The van der Waals surface area contributed by atoms with Crippen LogP contribution in [0, 0.1) is 0 Å². The summed E-state index contributed by atoms with van der Waals surface area (Å²) in [6.07, 6.45) is 11.2. The molecule has 1 rings (SSSR count). The second kappa shape index (κ2) is 3.57. The lowest BCUT2D eigenvalue weighted by Crippen LogP contribution is -1.67. The van der Waals surface area contributed by atoms with Crippen LogP contribution < -0.4 is 0 Å². The van der Waals surface area contributed by atoms with Crippen LogP contribution in [-0.2, 0) is 0 Å². The topological polar surface area (TPSA) is 0 Å². The number of halogens is 1. The first kappa shape index (κ1) is 7.55. The number of hydrogen-bond donors (Lipinski definition) is 0. The molecule has 0 saturated carbocycles. The minimum absolute atomic E-state index is 0.993. The molecule has 0 radical (unpaired) electrons. The molecule has 0 aromatic rings. The third-order valence-corrected chi connectivity index (χ3v) is 1.80. The van der Waals surface area contributed by atoms with Gasteiger partial charge in [-0.05, 0) is 18.1 Å². The van der Waals surface area contributed by atoms with E-state index in [1.165, 1.54) is 5.57 Å². The Hall–Kier alpha value is -0.560. The minimum atomic E-state index is 0.993. The monoisotopic (exact) mass is 196 g/mol. The summed E-state index contributed by atoms with van der Waals surface area (Å²) in [5, 5.41) is 0. The van der Waals surface area contributed by atoms with E-state index in [0.717, 1.165) is 10.9 Å². The average molecular weight is 197 g/mol. The van der Waals surface area contributed by atoms with E-state index >= 15 is 0 Å². The summed E-state index contributed by atoms with van der Waals surface area (Å²) < 4.78 is 1.11. The van der Waals surface area contributed by atoms with Crippen LogP contribution in [0.25, 0.3) is 0 Å². The van der Waals surface area contributed by atoms with E-state index in [0.29, 0.717) is 0 Å². The van der Waals surface area contributed by atoms with Crippen LogP contribution in [0.4, 0.5) is 0 Å². The van der Waals surface area contributed by atoms with Crippen molar-refractivity contribution in [2.75, 3.05) is 0 Å². The Morgan fingerprint density at radius 2 is 2.40 bits per heavy atom. The Morgan fingerprint density at radius 3 is 3.10 bits per heavy atom. The third kappa shape index (κ3) is 1.99. The Morgan fingerprint density at radius 1 is 1.60 bits per heavy atom. The lowest BCUT2D eigenvalue weighted by molar-refractivity contribution is 1.38. The van der Waals surface area contributed by atoms with Crippen LogP contribution >= 0.6 is 15.9 Å². The average Bonchev–Trinajstić information content (AvgIpc) is 2.13. The van der Waals surface area contributed by atoms with Crippen LogP contribution in [0.15, 0.2) is 47.0 Å². The van der Waals surface area contributed by atoms with Crippen molar-refractivity contribution in [3.63, 3.8) is 0 Å². The molecule has 0 saturated heterocycles. The zero-order valence-corrected chi connectivity index (χ0v) is 7.26. The quantitative estimate of drug-likeness (QED) is 0.604. The minimum Gasteiger partial charge on any atom is -0.0985 e. The van der Waals surface area contributed by atoms with E-state index in [2.05, 4.69) is 40.7 Å². The molecule has 0 nitrogen and oxygen atoms in total. The molecule has 1 heteroatoms. The van der Waals surface area contributed by atoms with Gasteiger partial charge in [-0.25, -0.2) is 0 Å². The highest BCUT2D eigenvalue weighted by Gasteiger charge is 1.91. The molecule has 0 atom stereocenters. The molecule has 0 amide bonds. The third-order valence-electron chi connectivity index (χ3n) is 1.31. The van der Waals surface area contributed by atoms with Crippen LogP contribution in [0.3, 0.4) is 0 Å². The van der Waals surface area contributed by atoms with Gasteiger partial charge in [0.25, 0.3) is 0 Å². The van der Waals surface area contributed by atoms with E-state index in [9.17, 15) is 0 Å². The van der Waals surface area contributed by atoms with Crippen LogP contribution in [0.2, 0.25) is 0 Å². The Labute approximate surface area is 69.8 Å². The highest BCUT2D eigenvalue weighted by molar-refractivity contribution is 9.11. The van der Waals surface area contributed by atoms with Crippen molar-refractivity contribution in [1.29, 1.82) is 0 Å². The molecular formula is C9H9Br. The molecular weight excluding hydrogens is 188 g/mol. The van der Waals surface area contributed by atoms with Crippen LogP contribution in [0.1, 0.15) is 6.42 Å².